The summed E-state index contributed by atoms with van der Waals surface area (Å²) in [5, 5.41) is 12.8. The van der Waals surface area contributed by atoms with Crippen molar-refractivity contribution in [3.63, 3.8) is 0 Å². The molecule has 4 heteroatoms. The molecule has 0 aromatic carbocycles. The van der Waals surface area contributed by atoms with Crippen molar-refractivity contribution in [3.05, 3.63) is 22.3 Å². The fraction of sp³-hybridized carbons (Fsp3) is 0.545. The highest BCUT2D eigenvalue weighted by Crippen LogP contribution is 2.32. The van der Waals surface area contributed by atoms with Gasteiger partial charge in [-0.2, -0.15) is 0 Å². The molecule has 0 amide bonds. The Bertz CT molecular complexity index is 352. The quantitative estimate of drug-likeness (QED) is 0.883. The Balaban J connectivity index is 1.89. The molecule has 0 bridgehead atoms. The molecule has 1 fully saturated rings. The lowest BCUT2D eigenvalue weighted by Crippen LogP contribution is -2.21. The molecule has 1 aromatic heterocycles. The number of aromatic nitrogens is 1. The van der Waals surface area contributed by atoms with E-state index < -0.39 is 0 Å². The summed E-state index contributed by atoms with van der Waals surface area (Å²) in [5.41, 5.74) is 0.959. The Morgan fingerprint density at radius 1 is 1.60 bits per heavy atom. The number of aryl methyl sites for hydroxylation is 1. The zero-order valence-corrected chi connectivity index (χ0v) is 10.3. The molecule has 2 rings (SSSR count). The third-order valence-corrected chi connectivity index (χ3v) is 3.52. The van der Waals surface area contributed by atoms with E-state index in [1.54, 1.807) is 0 Å². The molecular formula is C11H15BrN2O. The maximum Gasteiger partial charge on any atom is 0.126 e. The molecule has 0 spiro atoms. The van der Waals surface area contributed by atoms with Gasteiger partial charge in [0, 0.05) is 11.0 Å². The van der Waals surface area contributed by atoms with Crippen LogP contribution < -0.4 is 5.32 Å². The second-order valence-electron chi connectivity index (χ2n) is 4.05. The minimum atomic E-state index is -0.226. The summed E-state index contributed by atoms with van der Waals surface area (Å²) >= 11 is 3.40. The fourth-order valence-corrected chi connectivity index (χ4v) is 1.72. The van der Waals surface area contributed by atoms with Crippen molar-refractivity contribution in [2.45, 2.75) is 25.9 Å². The van der Waals surface area contributed by atoms with Crippen molar-refractivity contribution in [1.82, 2.24) is 4.98 Å². The highest BCUT2D eigenvalue weighted by Gasteiger charge is 2.29. The van der Waals surface area contributed by atoms with Crippen molar-refractivity contribution in [2.75, 3.05) is 11.9 Å². The molecular weight excluding hydrogens is 256 g/mol. The number of aliphatic hydroxyl groups excluding tert-OH is 1. The van der Waals surface area contributed by atoms with Gasteiger partial charge in [-0.25, -0.2) is 4.98 Å². The van der Waals surface area contributed by atoms with Crippen LogP contribution in [0.2, 0.25) is 0 Å². The van der Waals surface area contributed by atoms with Crippen LogP contribution in [-0.4, -0.2) is 22.7 Å². The largest absolute Gasteiger partial charge is 0.391 e. The predicted molar refractivity (Wildman–Crippen MR) is 63.9 cm³/mol. The molecule has 1 saturated carbocycles. The topological polar surface area (TPSA) is 45.2 Å². The van der Waals surface area contributed by atoms with E-state index in [-0.39, 0.29) is 6.10 Å². The van der Waals surface area contributed by atoms with Gasteiger partial charge in [-0.1, -0.05) is 0 Å². The molecule has 0 saturated heterocycles. The van der Waals surface area contributed by atoms with Crippen molar-refractivity contribution >= 4 is 21.7 Å². The van der Waals surface area contributed by atoms with Gasteiger partial charge in [-0.15, -0.1) is 0 Å². The maximum atomic E-state index is 9.67. The molecule has 1 aromatic rings. The third kappa shape index (κ3) is 2.92. The van der Waals surface area contributed by atoms with Crippen LogP contribution in [0.25, 0.3) is 0 Å². The molecule has 3 nitrogen and oxygen atoms in total. The minimum Gasteiger partial charge on any atom is -0.391 e. The van der Waals surface area contributed by atoms with Gasteiger partial charge in [-0.05, 0) is 53.7 Å². The molecule has 82 valence electrons. The third-order valence-electron chi connectivity index (χ3n) is 2.68. The summed E-state index contributed by atoms with van der Waals surface area (Å²) in [6.07, 6.45) is 2.10. The second-order valence-corrected chi connectivity index (χ2v) is 4.90. The smallest absolute Gasteiger partial charge is 0.126 e. The van der Waals surface area contributed by atoms with E-state index in [0.29, 0.717) is 12.5 Å². The first-order chi connectivity index (χ1) is 7.16. The minimum absolute atomic E-state index is 0.226. The number of aliphatic hydroxyl groups is 1. The molecule has 15 heavy (non-hydrogen) atoms. The fourth-order valence-electron chi connectivity index (χ4n) is 1.50. The van der Waals surface area contributed by atoms with Gasteiger partial charge in [0.05, 0.1) is 11.8 Å². The van der Waals surface area contributed by atoms with Crippen LogP contribution in [0, 0.1) is 12.8 Å². The second kappa shape index (κ2) is 4.49. The SMILES string of the molecule is Cc1nc(NC[C@H](O)C2CC2)ccc1Br. The molecule has 1 atom stereocenters. The Morgan fingerprint density at radius 2 is 2.33 bits per heavy atom. The van der Waals surface area contributed by atoms with Crippen LogP contribution in [0.15, 0.2) is 16.6 Å². The average molecular weight is 271 g/mol. The normalized spacial score (nSPS) is 17.5. The average Bonchev–Trinajstić information content (AvgIpc) is 3.03. The van der Waals surface area contributed by atoms with Crippen molar-refractivity contribution < 1.29 is 5.11 Å². The molecule has 2 N–H and O–H groups in total. The molecule has 1 aliphatic rings. The van der Waals surface area contributed by atoms with Crippen molar-refractivity contribution in [1.29, 1.82) is 0 Å². The zero-order valence-electron chi connectivity index (χ0n) is 8.70. The first-order valence-electron chi connectivity index (χ1n) is 5.22. The lowest BCUT2D eigenvalue weighted by molar-refractivity contribution is 0.164. The summed E-state index contributed by atoms with van der Waals surface area (Å²) in [5.74, 6) is 1.34. The van der Waals surface area contributed by atoms with E-state index in [9.17, 15) is 5.11 Å². The summed E-state index contributed by atoms with van der Waals surface area (Å²) in [4.78, 5) is 4.36. The van der Waals surface area contributed by atoms with Crippen LogP contribution >= 0.6 is 15.9 Å². The Labute approximate surface area is 98.0 Å². The zero-order chi connectivity index (χ0) is 10.8. The number of rotatable bonds is 4. The van der Waals surface area contributed by atoms with Crippen LogP contribution in [0.5, 0.6) is 0 Å². The number of pyridine rings is 1. The lowest BCUT2D eigenvalue weighted by Gasteiger charge is -2.11. The Morgan fingerprint density at radius 3 is 2.93 bits per heavy atom. The van der Waals surface area contributed by atoms with Gasteiger partial charge in [0.25, 0.3) is 0 Å². The number of hydrogen-bond donors (Lipinski definition) is 2. The van der Waals surface area contributed by atoms with E-state index in [2.05, 4.69) is 26.2 Å². The summed E-state index contributed by atoms with van der Waals surface area (Å²) in [7, 11) is 0. The Hall–Kier alpha value is -0.610. The molecule has 1 heterocycles. The number of halogens is 1. The first-order valence-corrected chi connectivity index (χ1v) is 6.01. The van der Waals surface area contributed by atoms with E-state index in [1.807, 2.05) is 19.1 Å². The highest BCUT2D eigenvalue weighted by molar-refractivity contribution is 9.10. The first kappa shape index (κ1) is 10.9. The van der Waals surface area contributed by atoms with Gasteiger partial charge in [0.15, 0.2) is 0 Å². The van der Waals surface area contributed by atoms with Crippen LogP contribution in [0.1, 0.15) is 18.5 Å². The van der Waals surface area contributed by atoms with Crippen LogP contribution in [0.3, 0.4) is 0 Å². The molecule has 0 radical (unpaired) electrons. The molecule has 0 unspecified atom stereocenters. The molecule has 1 aliphatic carbocycles. The monoisotopic (exact) mass is 270 g/mol. The van der Waals surface area contributed by atoms with E-state index in [1.165, 1.54) is 0 Å². The number of anilines is 1. The predicted octanol–water partition coefficient (Wildman–Crippen LogP) is 2.34. The number of nitrogens with one attached hydrogen (secondary N) is 1. The summed E-state index contributed by atoms with van der Waals surface area (Å²) in [6.45, 7) is 2.55. The Kier molecular flexibility index (Phi) is 3.26. The van der Waals surface area contributed by atoms with Gasteiger partial charge >= 0.3 is 0 Å². The van der Waals surface area contributed by atoms with E-state index >= 15 is 0 Å². The van der Waals surface area contributed by atoms with Crippen molar-refractivity contribution in [2.24, 2.45) is 5.92 Å². The summed E-state index contributed by atoms with van der Waals surface area (Å²) in [6, 6.07) is 3.88. The van der Waals surface area contributed by atoms with Gasteiger partial charge in [0.2, 0.25) is 0 Å². The van der Waals surface area contributed by atoms with Gasteiger partial charge in [-0.3, -0.25) is 0 Å². The molecule has 0 aliphatic heterocycles. The van der Waals surface area contributed by atoms with Crippen molar-refractivity contribution in [3.8, 4) is 0 Å². The highest BCUT2D eigenvalue weighted by atomic mass is 79.9. The maximum absolute atomic E-state index is 9.67. The number of nitrogens with zero attached hydrogens (tertiary/aromatic N) is 1. The lowest BCUT2D eigenvalue weighted by atomic mass is 10.2. The van der Waals surface area contributed by atoms with Gasteiger partial charge in [0.1, 0.15) is 5.82 Å². The van der Waals surface area contributed by atoms with Crippen LogP contribution in [0.4, 0.5) is 5.82 Å². The number of hydrogen-bond acceptors (Lipinski definition) is 3. The summed E-state index contributed by atoms with van der Waals surface area (Å²) < 4.78 is 1.01. The van der Waals surface area contributed by atoms with Gasteiger partial charge < -0.3 is 10.4 Å². The standard InChI is InChI=1S/C11H15BrN2O/c1-7-9(12)4-5-11(14-7)13-6-10(15)8-2-3-8/h4-5,8,10,15H,2-3,6H2,1H3,(H,13,14)/t10-/m0/s1. The van der Waals surface area contributed by atoms with Crippen LogP contribution in [-0.2, 0) is 0 Å². The van der Waals surface area contributed by atoms with E-state index in [0.717, 1.165) is 28.8 Å². The van der Waals surface area contributed by atoms with E-state index in [4.69, 9.17) is 0 Å².